The second kappa shape index (κ2) is 8.31. The zero-order valence-electron chi connectivity index (χ0n) is 16.7. The van der Waals surface area contributed by atoms with Crippen LogP contribution in [0.25, 0.3) is 0 Å². The summed E-state index contributed by atoms with van der Waals surface area (Å²) < 4.78 is 29.0. The Kier molecular flexibility index (Phi) is 5.75. The highest BCUT2D eigenvalue weighted by molar-refractivity contribution is 8.15. The highest BCUT2D eigenvalue weighted by Gasteiger charge is 2.44. The van der Waals surface area contributed by atoms with Gasteiger partial charge in [0.25, 0.3) is 0 Å². The molecule has 0 spiro atoms. The van der Waals surface area contributed by atoms with Gasteiger partial charge < -0.3 is 15.0 Å². The van der Waals surface area contributed by atoms with Crippen LogP contribution >= 0.6 is 11.8 Å². The van der Waals surface area contributed by atoms with E-state index in [-0.39, 0.29) is 35.2 Å². The summed E-state index contributed by atoms with van der Waals surface area (Å²) in [6.07, 6.45) is 0. The number of amidine groups is 1. The van der Waals surface area contributed by atoms with E-state index in [1.165, 1.54) is 11.8 Å². The van der Waals surface area contributed by atoms with E-state index in [2.05, 4.69) is 10.3 Å². The van der Waals surface area contributed by atoms with E-state index >= 15 is 0 Å². The number of rotatable bonds is 5. The van der Waals surface area contributed by atoms with Crippen LogP contribution in [0.5, 0.6) is 5.75 Å². The number of carbonyl (C=O) groups excluding carboxylic acids is 1. The molecule has 2 atom stereocenters. The minimum atomic E-state index is -3.03. The number of nitrogens with zero attached hydrogens (tertiary/aromatic N) is 2. The maximum absolute atomic E-state index is 12.8. The first kappa shape index (κ1) is 20.7. The number of carbonyl (C=O) groups is 1. The molecule has 4 rings (SSSR count). The van der Waals surface area contributed by atoms with Crippen molar-refractivity contribution in [2.45, 2.75) is 18.2 Å². The topological polar surface area (TPSA) is 88.1 Å². The van der Waals surface area contributed by atoms with Crippen LogP contribution in [0.15, 0.2) is 53.5 Å². The van der Waals surface area contributed by atoms with Crippen molar-refractivity contribution in [2.75, 3.05) is 35.4 Å². The fraction of sp³-hybridized carbons (Fsp3) is 0.333. The molecule has 2 heterocycles. The molecule has 30 heavy (non-hydrogen) atoms. The molecule has 158 valence electrons. The number of sulfone groups is 1. The first-order chi connectivity index (χ1) is 14.3. The standard InChI is InChI=1S/C21H23N3O4S2/c1-14-5-3-7-16(9-14)24(21-23-18-12-30(26,27)13-19(18)29-21)11-20(25)22-15-6-4-8-17(10-15)28-2/h3-10,18-19H,11-13H2,1-2H3,(H,22,25)/t18-,19+/m1/s1. The van der Waals surface area contributed by atoms with Crippen molar-refractivity contribution >= 4 is 44.0 Å². The molecule has 2 aromatic carbocycles. The Hall–Kier alpha value is -2.52. The van der Waals surface area contributed by atoms with Crippen LogP contribution in [-0.4, -0.2) is 55.9 Å². The summed E-state index contributed by atoms with van der Waals surface area (Å²) in [5, 5.41) is 3.50. The summed E-state index contributed by atoms with van der Waals surface area (Å²) in [4.78, 5) is 19.4. The second-order valence-electron chi connectivity index (χ2n) is 7.42. The van der Waals surface area contributed by atoms with Crippen molar-refractivity contribution < 1.29 is 17.9 Å². The number of hydrogen-bond donors (Lipinski definition) is 1. The number of hydrogen-bond acceptors (Lipinski definition) is 7. The van der Waals surface area contributed by atoms with Crippen molar-refractivity contribution in [1.82, 2.24) is 0 Å². The minimum absolute atomic E-state index is 0.0681. The zero-order chi connectivity index (χ0) is 21.3. The number of nitrogens with one attached hydrogen (secondary N) is 1. The van der Waals surface area contributed by atoms with Crippen LogP contribution in [0, 0.1) is 6.92 Å². The summed E-state index contributed by atoms with van der Waals surface area (Å²) in [7, 11) is -1.46. The first-order valence-electron chi connectivity index (χ1n) is 9.56. The molecule has 2 aliphatic heterocycles. The van der Waals surface area contributed by atoms with Crippen LogP contribution in [0.4, 0.5) is 11.4 Å². The molecule has 0 saturated carbocycles. The van der Waals surface area contributed by atoms with Crippen molar-refractivity contribution in [1.29, 1.82) is 0 Å². The molecule has 1 amide bonds. The molecule has 0 unspecified atom stereocenters. The van der Waals surface area contributed by atoms with Gasteiger partial charge in [-0.2, -0.15) is 0 Å². The van der Waals surface area contributed by atoms with Crippen molar-refractivity contribution in [2.24, 2.45) is 4.99 Å². The molecule has 7 nitrogen and oxygen atoms in total. The van der Waals surface area contributed by atoms with Gasteiger partial charge in [-0.1, -0.05) is 30.0 Å². The summed E-state index contributed by atoms with van der Waals surface area (Å²) in [5.74, 6) is 0.671. The molecule has 0 aliphatic carbocycles. The first-order valence-corrected chi connectivity index (χ1v) is 12.3. The Labute approximate surface area is 180 Å². The van der Waals surface area contributed by atoms with Crippen LogP contribution in [0.2, 0.25) is 0 Å². The molecule has 1 saturated heterocycles. The van der Waals surface area contributed by atoms with Gasteiger partial charge in [-0.25, -0.2) is 8.42 Å². The average Bonchev–Trinajstić information content (AvgIpc) is 3.19. The van der Waals surface area contributed by atoms with Gasteiger partial charge in [-0.3, -0.25) is 9.79 Å². The van der Waals surface area contributed by atoms with E-state index in [0.29, 0.717) is 16.6 Å². The number of aryl methyl sites for hydroxylation is 1. The maximum Gasteiger partial charge on any atom is 0.244 e. The number of aliphatic imine (C=N–C) groups is 1. The molecule has 1 N–H and O–H groups in total. The van der Waals surface area contributed by atoms with E-state index in [0.717, 1.165) is 11.3 Å². The lowest BCUT2D eigenvalue weighted by molar-refractivity contribution is -0.114. The van der Waals surface area contributed by atoms with E-state index in [4.69, 9.17) is 4.74 Å². The lowest BCUT2D eigenvalue weighted by Gasteiger charge is -2.24. The summed E-state index contributed by atoms with van der Waals surface area (Å²) in [5.41, 5.74) is 2.56. The van der Waals surface area contributed by atoms with Crippen LogP contribution in [-0.2, 0) is 14.6 Å². The normalized spacial score (nSPS) is 21.6. The molecule has 2 aromatic rings. The number of benzene rings is 2. The highest BCUT2D eigenvalue weighted by atomic mass is 32.2. The predicted molar refractivity (Wildman–Crippen MR) is 121 cm³/mol. The largest absolute Gasteiger partial charge is 0.497 e. The number of ether oxygens (including phenoxy) is 1. The number of anilines is 2. The van der Waals surface area contributed by atoms with Crippen LogP contribution < -0.4 is 15.0 Å². The number of fused-ring (bicyclic) bond motifs is 1. The Balaban J connectivity index is 1.56. The van der Waals surface area contributed by atoms with E-state index < -0.39 is 9.84 Å². The predicted octanol–water partition coefficient (Wildman–Crippen LogP) is 2.72. The third-order valence-corrected chi connectivity index (χ3v) is 8.25. The summed E-state index contributed by atoms with van der Waals surface area (Å²) >= 11 is 1.44. The number of methoxy groups -OCH3 is 1. The number of amides is 1. The van der Waals surface area contributed by atoms with Crippen molar-refractivity contribution in [3.8, 4) is 5.75 Å². The average molecular weight is 446 g/mol. The van der Waals surface area contributed by atoms with E-state index in [9.17, 15) is 13.2 Å². The second-order valence-corrected chi connectivity index (χ2v) is 10.8. The van der Waals surface area contributed by atoms with Crippen LogP contribution in [0.3, 0.4) is 0 Å². The maximum atomic E-state index is 12.8. The fourth-order valence-electron chi connectivity index (χ4n) is 3.58. The van der Waals surface area contributed by atoms with Gasteiger partial charge in [0.2, 0.25) is 5.91 Å². The Morgan fingerprint density at radius 1 is 1.23 bits per heavy atom. The van der Waals surface area contributed by atoms with E-state index in [1.807, 2.05) is 48.2 Å². The van der Waals surface area contributed by atoms with Gasteiger partial charge in [0.1, 0.15) is 12.3 Å². The minimum Gasteiger partial charge on any atom is -0.497 e. The number of thioether (sulfide) groups is 1. The monoisotopic (exact) mass is 445 g/mol. The SMILES string of the molecule is COc1cccc(NC(=O)CN(C2=N[C@@H]3CS(=O)(=O)C[C@@H]3S2)c2cccc(C)c2)c1. The smallest absolute Gasteiger partial charge is 0.244 e. The highest BCUT2D eigenvalue weighted by Crippen LogP contribution is 2.37. The van der Waals surface area contributed by atoms with E-state index in [1.54, 1.807) is 19.2 Å². The van der Waals surface area contributed by atoms with Gasteiger partial charge in [0, 0.05) is 22.7 Å². The summed E-state index contributed by atoms with van der Waals surface area (Å²) in [6.45, 7) is 2.06. The zero-order valence-corrected chi connectivity index (χ0v) is 18.4. The Bertz CT molecular complexity index is 1100. The quantitative estimate of drug-likeness (QED) is 0.761. The third kappa shape index (κ3) is 4.62. The van der Waals surface area contributed by atoms with Gasteiger partial charge >= 0.3 is 0 Å². The van der Waals surface area contributed by atoms with Gasteiger partial charge in [0.15, 0.2) is 15.0 Å². The molecule has 1 fully saturated rings. The lowest BCUT2D eigenvalue weighted by atomic mass is 10.2. The van der Waals surface area contributed by atoms with Crippen LogP contribution in [0.1, 0.15) is 5.56 Å². The molecule has 0 bridgehead atoms. The van der Waals surface area contributed by atoms with Crippen molar-refractivity contribution in [3.05, 3.63) is 54.1 Å². The fourth-order valence-corrected chi connectivity index (χ4v) is 7.36. The Morgan fingerprint density at radius 2 is 2.03 bits per heavy atom. The molecule has 0 radical (unpaired) electrons. The summed E-state index contributed by atoms with van der Waals surface area (Å²) in [6, 6.07) is 14.8. The van der Waals surface area contributed by atoms with Crippen molar-refractivity contribution in [3.63, 3.8) is 0 Å². The van der Waals surface area contributed by atoms with Gasteiger partial charge in [-0.05, 0) is 36.8 Å². The lowest BCUT2D eigenvalue weighted by Crippen LogP contribution is -2.36. The molecule has 2 aliphatic rings. The third-order valence-electron chi connectivity index (χ3n) is 5.00. The molecular weight excluding hydrogens is 422 g/mol. The molecule has 0 aromatic heterocycles. The molecular formula is C21H23N3O4S2. The molecule has 9 heteroatoms. The van der Waals surface area contributed by atoms with Gasteiger partial charge in [-0.15, -0.1) is 0 Å². The van der Waals surface area contributed by atoms with Gasteiger partial charge in [0.05, 0.1) is 24.7 Å². The Morgan fingerprint density at radius 3 is 2.77 bits per heavy atom.